The number of ether oxygens (including phenoxy) is 1. The van der Waals surface area contributed by atoms with Crippen molar-refractivity contribution in [2.75, 3.05) is 31.2 Å². The predicted molar refractivity (Wildman–Crippen MR) is 102 cm³/mol. The summed E-state index contributed by atoms with van der Waals surface area (Å²) in [4.78, 5) is 25.9. The predicted octanol–water partition coefficient (Wildman–Crippen LogP) is 1.97. The summed E-state index contributed by atoms with van der Waals surface area (Å²) in [7, 11) is 1.90. The van der Waals surface area contributed by atoms with Crippen LogP contribution in [0.1, 0.15) is 40.5 Å². The van der Waals surface area contributed by atoms with Gasteiger partial charge in [-0.25, -0.2) is 0 Å². The van der Waals surface area contributed by atoms with Crippen molar-refractivity contribution >= 4 is 17.3 Å². The highest BCUT2D eigenvalue weighted by Crippen LogP contribution is 2.32. The molecule has 0 spiro atoms. The van der Waals surface area contributed by atoms with E-state index < -0.39 is 4.92 Å². The Labute approximate surface area is 162 Å². The molecule has 2 aromatic rings. The van der Waals surface area contributed by atoms with Crippen molar-refractivity contribution in [1.29, 1.82) is 0 Å². The van der Waals surface area contributed by atoms with Crippen molar-refractivity contribution in [1.82, 2.24) is 15.1 Å². The molecule has 148 valence electrons. The number of anilines is 1. The molecule has 1 aromatic carbocycles. The second-order valence-corrected chi connectivity index (χ2v) is 7.15. The van der Waals surface area contributed by atoms with Gasteiger partial charge >= 0.3 is 0 Å². The highest BCUT2D eigenvalue weighted by atomic mass is 16.6. The third-order valence-corrected chi connectivity index (χ3v) is 5.47. The molecule has 0 radical (unpaired) electrons. The number of hydrogen-bond acceptors (Lipinski definition) is 6. The maximum Gasteiger partial charge on any atom is 0.293 e. The van der Waals surface area contributed by atoms with Crippen LogP contribution >= 0.6 is 0 Å². The molecule has 2 aliphatic rings. The molecule has 1 atom stereocenters. The van der Waals surface area contributed by atoms with E-state index in [0.717, 1.165) is 30.5 Å². The number of aryl methyl sites for hydroxylation is 1. The van der Waals surface area contributed by atoms with Gasteiger partial charge in [-0.15, -0.1) is 0 Å². The Balaban J connectivity index is 1.56. The molecule has 1 unspecified atom stereocenters. The molecule has 1 fully saturated rings. The van der Waals surface area contributed by atoms with E-state index in [0.29, 0.717) is 37.6 Å². The Hall–Kier alpha value is -2.94. The fourth-order valence-electron chi connectivity index (χ4n) is 3.98. The van der Waals surface area contributed by atoms with Crippen LogP contribution in [0.15, 0.2) is 24.4 Å². The quantitative estimate of drug-likeness (QED) is 0.638. The summed E-state index contributed by atoms with van der Waals surface area (Å²) in [6.45, 7) is 2.26. The average molecular weight is 385 g/mol. The second kappa shape index (κ2) is 7.59. The molecule has 1 aromatic heterocycles. The van der Waals surface area contributed by atoms with E-state index in [1.165, 1.54) is 6.07 Å². The molecule has 1 aliphatic heterocycles. The molecule has 2 heterocycles. The number of nitro benzene ring substituents is 1. The molecule has 0 saturated carbocycles. The lowest BCUT2D eigenvalue weighted by atomic mass is 9.92. The van der Waals surface area contributed by atoms with E-state index in [4.69, 9.17) is 4.74 Å². The number of rotatable bonds is 4. The second-order valence-electron chi connectivity index (χ2n) is 7.15. The Morgan fingerprint density at radius 3 is 2.89 bits per heavy atom. The SMILES string of the molecule is Cn1ncc2c1CCCC2NC(=O)c1ccc(N2CCOCC2)c([N+](=O)[O-])c1. The van der Waals surface area contributed by atoms with Gasteiger partial charge in [0.1, 0.15) is 5.69 Å². The van der Waals surface area contributed by atoms with Crippen LogP contribution < -0.4 is 10.2 Å². The third kappa shape index (κ3) is 3.45. The highest BCUT2D eigenvalue weighted by molar-refractivity contribution is 5.96. The van der Waals surface area contributed by atoms with Crippen LogP contribution in [0.3, 0.4) is 0 Å². The first-order chi connectivity index (χ1) is 13.5. The van der Waals surface area contributed by atoms with Crippen molar-refractivity contribution in [2.45, 2.75) is 25.3 Å². The number of benzene rings is 1. The van der Waals surface area contributed by atoms with Gasteiger partial charge in [-0.3, -0.25) is 19.6 Å². The Morgan fingerprint density at radius 1 is 1.36 bits per heavy atom. The highest BCUT2D eigenvalue weighted by Gasteiger charge is 2.27. The molecule has 9 heteroatoms. The van der Waals surface area contributed by atoms with Gasteiger partial charge in [-0.1, -0.05) is 0 Å². The normalized spacial score (nSPS) is 19.2. The minimum absolute atomic E-state index is 0.0553. The number of nitrogens with one attached hydrogen (secondary N) is 1. The summed E-state index contributed by atoms with van der Waals surface area (Å²) < 4.78 is 7.16. The zero-order valence-electron chi connectivity index (χ0n) is 15.8. The van der Waals surface area contributed by atoms with Crippen LogP contribution in [0.25, 0.3) is 0 Å². The monoisotopic (exact) mass is 385 g/mol. The number of nitrogens with zero attached hydrogens (tertiary/aromatic N) is 4. The van der Waals surface area contributed by atoms with Crippen molar-refractivity contribution in [3.8, 4) is 0 Å². The van der Waals surface area contributed by atoms with Crippen molar-refractivity contribution in [2.24, 2.45) is 7.05 Å². The summed E-state index contributed by atoms with van der Waals surface area (Å²) >= 11 is 0. The van der Waals surface area contributed by atoms with E-state index in [2.05, 4.69) is 10.4 Å². The van der Waals surface area contributed by atoms with E-state index >= 15 is 0 Å². The van der Waals surface area contributed by atoms with Crippen LogP contribution in [0.5, 0.6) is 0 Å². The Bertz CT molecular complexity index is 904. The Morgan fingerprint density at radius 2 is 2.14 bits per heavy atom. The zero-order valence-corrected chi connectivity index (χ0v) is 15.8. The third-order valence-electron chi connectivity index (χ3n) is 5.47. The smallest absolute Gasteiger partial charge is 0.293 e. The van der Waals surface area contributed by atoms with Crippen molar-refractivity contribution in [3.05, 3.63) is 51.3 Å². The molecule has 1 aliphatic carbocycles. The number of carbonyl (C=O) groups is 1. The first kappa shape index (κ1) is 18.4. The summed E-state index contributed by atoms with van der Waals surface area (Å²) in [6, 6.07) is 4.56. The summed E-state index contributed by atoms with van der Waals surface area (Å²) in [5, 5.41) is 18.9. The van der Waals surface area contributed by atoms with Crippen LogP contribution in [-0.2, 0) is 18.2 Å². The first-order valence-corrected chi connectivity index (χ1v) is 9.47. The molecular weight excluding hydrogens is 362 g/mol. The fourth-order valence-corrected chi connectivity index (χ4v) is 3.98. The molecule has 4 rings (SSSR count). The summed E-state index contributed by atoms with van der Waals surface area (Å²) in [6.07, 6.45) is 4.54. The van der Waals surface area contributed by atoms with Crippen LogP contribution in [-0.4, -0.2) is 46.9 Å². The Kier molecular flexibility index (Phi) is 4.99. The average Bonchev–Trinajstić information content (AvgIpc) is 3.10. The fraction of sp³-hybridized carbons (Fsp3) is 0.474. The van der Waals surface area contributed by atoms with Gasteiger partial charge in [0.2, 0.25) is 0 Å². The van der Waals surface area contributed by atoms with Crippen LogP contribution in [0, 0.1) is 10.1 Å². The topological polar surface area (TPSA) is 103 Å². The first-order valence-electron chi connectivity index (χ1n) is 9.47. The zero-order chi connectivity index (χ0) is 19.7. The minimum atomic E-state index is -0.429. The van der Waals surface area contributed by atoms with E-state index in [1.54, 1.807) is 18.3 Å². The largest absolute Gasteiger partial charge is 0.378 e. The van der Waals surface area contributed by atoms with Crippen molar-refractivity contribution in [3.63, 3.8) is 0 Å². The number of amides is 1. The molecule has 9 nitrogen and oxygen atoms in total. The number of morpholine rings is 1. The van der Waals surface area contributed by atoms with Gasteiger partial charge in [0.25, 0.3) is 11.6 Å². The van der Waals surface area contributed by atoms with Gasteiger partial charge < -0.3 is 15.0 Å². The van der Waals surface area contributed by atoms with Gasteiger partial charge in [0.15, 0.2) is 0 Å². The lowest BCUT2D eigenvalue weighted by molar-refractivity contribution is -0.384. The molecule has 1 N–H and O–H groups in total. The lowest BCUT2D eigenvalue weighted by Gasteiger charge is -2.28. The van der Waals surface area contributed by atoms with E-state index in [-0.39, 0.29) is 17.6 Å². The van der Waals surface area contributed by atoms with Gasteiger partial charge in [-0.05, 0) is 31.4 Å². The summed E-state index contributed by atoms with van der Waals surface area (Å²) in [5.41, 5.74) is 2.92. The lowest BCUT2D eigenvalue weighted by Crippen LogP contribution is -2.36. The minimum Gasteiger partial charge on any atom is -0.378 e. The number of nitro groups is 1. The number of aromatic nitrogens is 2. The number of carbonyl (C=O) groups excluding carboxylic acids is 1. The van der Waals surface area contributed by atoms with Gasteiger partial charge in [0.05, 0.1) is 30.4 Å². The van der Waals surface area contributed by atoms with Crippen molar-refractivity contribution < 1.29 is 14.5 Å². The number of hydrogen-bond donors (Lipinski definition) is 1. The van der Waals surface area contributed by atoms with Gasteiger partial charge in [0, 0.05) is 43.0 Å². The molecule has 0 bridgehead atoms. The van der Waals surface area contributed by atoms with Gasteiger partial charge in [-0.2, -0.15) is 5.10 Å². The molecule has 1 amide bonds. The van der Waals surface area contributed by atoms with Crippen LogP contribution in [0.2, 0.25) is 0 Å². The maximum atomic E-state index is 12.8. The standard InChI is InChI=1S/C19H23N5O4/c1-22-16-4-2-3-15(14(16)12-20-22)21-19(25)13-5-6-17(18(11-13)24(26)27)23-7-9-28-10-8-23/h5-6,11-12,15H,2-4,7-10H2,1H3,(H,21,25). The number of fused-ring (bicyclic) bond motifs is 1. The summed E-state index contributed by atoms with van der Waals surface area (Å²) in [5.74, 6) is -0.307. The van der Waals surface area contributed by atoms with E-state index in [1.807, 2.05) is 16.6 Å². The van der Waals surface area contributed by atoms with Crippen LogP contribution in [0.4, 0.5) is 11.4 Å². The van der Waals surface area contributed by atoms with E-state index in [9.17, 15) is 14.9 Å². The molecule has 1 saturated heterocycles. The molecule has 28 heavy (non-hydrogen) atoms. The molecular formula is C19H23N5O4. The maximum absolute atomic E-state index is 12.8.